The minimum Gasteiger partial charge on any atom is -0.394 e. The third-order valence-electron chi connectivity index (χ3n) is 12.4. The lowest BCUT2D eigenvalue weighted by Gasteiger charge is -2.41. The number of nitrogens with one attached hydrogen (secondary N) is 1. The number of hydrogen-bond donors (Lipinski definition) is 7. The zero-order valence-electron chi connectivity index (χ0n) is 39.8. The summed E-state index contributed by atoms with van der Waals surface area (Å²) in [6.45, 7) is 3.24. The SMILES string of the molecule is CCCCCCCCCCCCCCC/C=C/C(O)C(COC1OC(CO)C(O)C(OS(=O)(=O)O)C1O)NC(=O)C(O)CCCCCCCCCCCCCCCCCCCCC. The maximum Gasteiger partial charge on any atom is 0.397 e. The van der Waals surface area contributed by atoms with Crippen molar-refractivity contribution in [2.75, 3.05) is 13.2 Å². The monoisotopic (exact) mass is 922 g/mol. The molecular weight excluding hydrogens is 827 g/mol. The van der Waals surface area contributed by atoms with Gasteiger partial charge in [0, 0.05) is 0 Å². The van der Waals surface area contributed by atoms with Gasteiger partial charge in [-0.05, 0) is 19.3 Å². The van der Waals surface area contributed by atoms with E-state index < -0.39 is 78.5 Å². The molecule has 0 radical (unpaired) electrons. The van der Waals surface area contributed by atoms with E-state index in [1.54, 1.807) is 6.08 Å². The Bertz CT molecular complexity index is 1190. The van der Waals surface area contributed by atoms with Crippen LogP contribution in [0.1, 0.15) is 232 Å². The first-order valence-corrected chi connectivity index (χ1v) is 27.0. The Morgan fingerprint density at radius 1 is 0.635 bits per heavy atom. The van der Waals surface area contributed by atoms with Crippen LogP contribution in [0, 0.1) is 0 Å². The molecule has 63 heavy (non-hydrogen) atoms. The first-order valence-electron chi connectivity index (χ1n) is 25.7. The molecule has 1 heterocycles. The summed E-state index contributed by atoms with van der Waals surface area (Å²) in [6, 6.07) is -1.11. The molecule has 8 atom stereocenters. The molecule has 0 spiro atoms. The number of rotatable bonds is 44. The lowest BCUT2D eigenvalue weighted by molar-refractivity contribution is -0.298. The van der Waals surface area contributed by atoms with Gasteiger partial charge in [0.05, 0.1) is 25.4 Å². The fraction of sp³-hybridized carbons (Fsp3) is 0.939. The van der Waals surface area contributed by atoms with E-state index in [1.165, 1.54) is 161 Å². The van der Waals surface area contributed by atoms with Crippen molar-refractivity contribution in [3.05, 3.63) is 12.2 Å². The Balaban J connectivity index is 2.50. The van der Waals surface area contributed by atoms with Crippen molar-refractivity contribution in [2.24, 2.45) is 0 Å². The Morgan fingerprint density at radius 3 is 1.43 bits per heavy atom. The van der Waals surface area contributed by atoms with E-state index >= 15 is 0 Å². The number of aliphatic hydroxyl groups is 5. The highest BCUT2D eigenvalue weighted by molar-refractivity contribution is 7.80. The highest BCUT2D eigenvalue weighted by Gasteiger charge is 2.48. The van der Waals surface area contributed by atoms with Crippen LogP contribution in [0.2, 0.25) is 0 Å². The molecule has 13 nitrogen and oxygen atoms in total. The predicted molar refractivity (Wildman–Crippen MR) is 252 cm³/mol. The van der Waals surface area contributed by atoms with Crippen LogP contribution in [0.5, 0.6) is 0 Å². The summed E-state index contributed by atoms with van der Waals surface area (Å²) in [6.07, 6.45) is 32.9. The molecule has 374 valence electrons. The van der Waals surface area contributed by atoms with E-state index in [4.69, 9.17) is 9.47 Å². The summed E-state index contributed by atoms with van der Waals surface area (Å²) in [5, 5.41) is 55.3. The summed E-state index contributed by atoms with van der Waals surface area (Å²) in [5.41, 5.74) is 0. The summed E-state index contributed by atoms with van der Waals surface area (Å²) < 4.78 is 47.6. The van der Waals surface area contributed by atoms with Crippen LogP contribution in [0.4, 0.5) is 0 Å². The number of ether oxygens (including phenoxy) is 2. The second-order valence-electron chi connectivity index (χ2n) is 18.3. The lowest BCUT2D eigenvalue weighted by atomic mass is 9.99. The Morgan fingerprint density at radius 2 is 1.03 bits per heavy atom. The van der Waals surface area contributed by atoms with Gasteiger partial charge in [0.1, 0.15) is 30.5 Å². The van der Waals surface area contributed by atoms with E-state index in [0.717, 1.165) is 38.5 Å². The smallest absolute Gasteiger partial charge is 0.394 e. The summed E-state index contributed by atoms with van der Waals surface area (Å²) in [5.74, 6) is -0.698. The van der Waals surface area contributed by atoms with Gasteiger partial charge in [-0.1, -0.05) is 225 Å². The molecular formula is C49H95NO12S. The molecule has 1 fully saturated rings. The van der Waals surface area contributed by atoms with Gasteiger partial charge in [0.15, 0.2) is 6.29 Å². The van der Waals surface area contributed by atoms with E-state index in [0.29, 0.717) is 12.8 Å². The fourth-order valence-corrected chi connectivity index (χ4v) is 8.85. The first kappa shape index (κ1) is 59.8. The third kappa shape index (κ3) is 32.2. The predicted octanol–water partition coefficient (Wildman–Crippen LogP) is 9.70. The minimum absolute atomic E-state index is 0.248. The number of allylic oxidation sites excluding steroid dienone is 1. The van der Waals surface area contributed by atoms with Crippen molar-refractivity contribution in [3.8, 4) is 0 Å². The van der Waals surface area contributed by atoms with Crippen molar-refractivity contribution in [1.29, 1.82) is 0 Å². The number of hydrogen-bond acceptors (Lipinski definition) is 11. The van der Waals surface area contributed by atoms with E-state index in [2.05, 4.69) is 23.3 Å². The minimum atomic E-state index is -5.12. The number of aliphatic hydroxyl groups excluding tert-OH is 5. The highest BCUT2D eigenvalue weighted by Crippen LogP contribution is 2.26. The van der Waals surface area contributed by atoms with Gasteiger partial charge < -0.3 is 40.3 Å². The summed E-state index contributed by atoms with van der Waals surface area (Å²) >= 11 is 0. The molecule has 1 aliphatic rings. The number of carbonyl (C=O) groups is 1. The van der Waals surface area contributed by atoms with Gasteiger partial charge in [0.2, 0.25) is 5.91 Å². The molecule has 1 saturated heterocycles. The van der Waals surface area contributed by atoms with Gasteiger partial charge in [-0.25, -0.2) is 4.18 Å². The molecule has 0 saturated carbocycles. The van der Waals surface area contributed by atoms with Crippen LogP contribution >= 0.6 is 0 Å². The molecule has 1 aliphatic heterocycles. The van der Waals surface area contributed by atoms with Crippen LogP contribution in [0.3, 0.4) is 0 Å². The largest absolute Gasteiger partial charge is 0.397 e. The Labute approximate surface area is 383 Å². The molecule has 7 N–H and O–H groups in total. The maximum absolute atomic E-state index is 13.1. The van der Waals surface area contributed by atoms with Crippen LogP contribution in [0.25, 0.3) is 0 Å². The number of carbonyl (C=O) groups excluding carboxylic acids is 1. The maximum atomic E-state index is 13.1. The van der Waals surface area contributed by atoms with E-state index in [1.807, 2.05) is 6.08 Å². The average molecular weight is 922 g/mol. The first-order chi connectivity index (χ1) is 30.4. The van der Waals surface area contributed by atoms with Crippen LogP contribution in [-0.4, -0.2) is 107 Å². The van der Waals surface area contributed by atoms with Gasteiger partial charge in [-0.2, -0.15) is 8.42 Å². The zero-order valence-corrected chi connectivity index (χ0v) is 40.6. The molecule has 8 unspecified atom stereocenters. The van der Waals surface area contributed by atoms with Gasteiger partial charge >= 0.3 is 10.4 Å². The van der Waals surface area contributed by atoms with Crippen molar-refractivity contribution in [2.45, 2.75) is 281 Å². The second-order valence-corrected chi connectivity index (χ2v) is 19.3. The van der Waals surface area contributed by atoms with Crippen molar-refractivity contribution < 1.29 is 57.0 Å². The number of amides is 1. The van der Waals surface area contributed by atoms with Crippen molar-refractivity contribution >= 4 is 16.3 Å². The highest BCUT2D eigenvalue weighted by atomic mass is 32.3. The second kappa shape index (κ2) is 39.9. The van der Waals surface area contributed by atoms with Crippen LogP contribution in [-0.2, 0) is 28.9 Å². The summed E-state index contributed by atoms with van der Waals surface area (Å²) in [4.78, 5) is 13.1. The average Bonchev–Trinajstić information content (AvgIpc) is 3.25. The Hall–Kier alpha value is -1.20. The number of unbranched alkanes of at least 4 members (excludes halogenated alkanes) is 31. The fourth-order valence-electron chi connectivity index (χ4n) is 8.34. The third-order valence-corrected chi connectivity index (χ3v) is 12.9. The van der Waals surface area contributed by atoms with Crippen LogP contribution in [0.15, 0.2) is 12.2 Å². The molecule has 0 bridgehead atoms. The summed E-state index contributed by atoms with van der Waals surface area (Å²) in [7, 11) is -5.12. The topological polar surface area (TPSA) is 212 Å². The Kier molecular flexibility index (Phi) is 37.9. The molecule has 0 aromatic carbocycles. The van der Waals surface area contributed by atoms with Gasteiger partial charge in [0.25, 0.3) is 0 Å². The van der Waals surface area contributed by atoms with Gasteiger partial charge in [-0.15, -0.1) is 0 Å². The van der Waals surface area contributed by atoms with Crippen molar-refractivity contribution in [3.63, 3.8) is 0 Å². The molecule has 0 aliphatic carbocycles. The molecule has 0 aromatic rings. The van der Waals surface area contributed by atoms with Gasteiger partial charge in [-0.3, -0.25) is 9.35 Å². The quantitative estimate of drug-likeness (QED) is 0.0173. The molecule has 1 amide bonds. The molecule has 14 heteroatoms. The normalized spacial score (nSPS) is 20.9. The molecule has 0 aromatic heterocycles. The van der Waals surface area contributed by atoms with E-state index in [9.17, 15) is 43.3 Å². The lowest BCUT2D eigenvalue weighted by Crippen LogP contribution is -2.61. The standard InChI is InChI=1S/C49H95NO12S/c1-3-5-7-9-11-13-15-17-19-20-21-22-24-26-28-30-32-34-36-38-43(53)48(56)50-41(40-60-49-46(55)47(62-63(57,58)59)45(54)44(39-51)61-49)42(52)37-35-33-31-29-27-25-23-18-16-14-12-10-8-6-4-2/h35,37,41-47,49,51-55H,3-34,36,38-40H2,1-2H3,(H,50,56)(H,57,58,59)/b37-35+. The van der Waals surface area contributed by atoms with Crippen LogP contribution < -0.4 is 5.32 Å². The van der Waals surface area contributed by atoms with E-state index in [-0.39, 0.29) is 6.42 Å². The zero-order chi connectivity index (χ0) is 46.4. The van der Waals surface area contributed by atoms with Crippen molar-refractivity contribution in [1.82, 2.24) is 5.32 Å². The molecule has 1 rings (SSSR count).